The van der Waals surface area contributed by atoms with Crippen molar-refractivity contribution in [2.24, 2.45) is 0 Å². The molecule has 0 radical (unpaired) electrons. The lowest BCUT2D eigenvalue weighted by Crippen LogP contribution is -1.93. The summed E-state index contributed by atoms with van der Waals surface area (Å²) in [6.07, 6.45) is 1.04. The summed E-state index contributed by atoms with van der Waals surface area (Å²) in [7, 11) is 0. The molecule has 14 heavy (non-hydrogen) atoms. The van der Waals surface area contributed by atoms with Crippen LogP contribution >= 0.6 is 0 Å². The van der Waals surface area contributed by atoms with Gasteiger partial charge in [-0.1, -0.05) is 19.9 Å². The van der Waals surface area contributed by atoms with Gasteiger partial charge in [0.2, 0.25) is 0 Å². The molecule has 0 spiro atoms. The van der Waals surface area contributed by atoms with Crippen LogP contribution in [0.3, 0.4) is 0 Å². The fourth-order valence-corrected chi connectivity index (χ4v) is 1.29. The molecule has 2 heteroatoms. The third-order valence-electron chi connectivity index (χ3n) is 2.47. The largest absolute Gasteiger partial charge is 0.192 e. The smallest absolute Gasteiger partial charge is 0.101 e. The Morgan fingerprint density at radius 1 is 1.21 bits per heavy atom. The highest BCUT2D eigenvalue weighted by atomic mass is 14.3. The Balaban J connectivity index is 3.17. The van der Waals surface area contributed by atoms with Crippen LogP contribution < -0.4 is 0 Å². The SMILES string of the molecule is CCC(C)c1ccc(C#N)c(C#N)c1. The van der Waals surface area contributed by atoms with Crippen molar-refractivity contribution >= 4 is 0 Å². The fourth-order valence-electron chi connectivity index (χ4n) is 1.29. The van der Waals surface area contributed by atoms with Gasteiger partial charge in [-0.05, 0) is 30.0 Å². The Morgan fingerprint density at radius 2 is 1.86 bits per heavy atom. The normalized spacial score (nSPS) is 11.4. The number of benzene rings is 1. The Hall–Kier alpha value is -1.80. The summed E-state index contributed by atoms with van der Waals surface area (Å²) in [6.45, 7) is 4.22. The van der Waals surface area contributed by atoms with Crippen molar-refractivity contribution in [3.63, 3.8) is 0 Å². The molecule has 1 rings (SSSR count). The summed E-state index contributed by atoms with van der Waals surface area (Å²) in [5.74, 6) is 0.440. The molecule has 0 bridgehead atoms. The average molecular weight is 184 g/mol. The van der Waals surface area contributed by atoms with Crippen LogP contribution in [0.25, 0.3) is 0 Å². The average Bonchev–Trinajstić information content (AvgIpc) is 2.26. The van der Waals surface area contributed by atoms with E-state index >= 15 is 0 Å². The van der Waals surface area contributed by atoms with E-state index in [1.165, 1.54) is 0 Å². The van der Waals surface area contributed by atoms with Gasteiger partial charge >= 0.3 is 0 Å². The van der Waals surface area contributed by atoms with E-state index in [4.69, 9.17) is 10.5 Å². The van der Waals surface area contributed by atoms with Crippen molar-refractivity contribution < 1.29 is 0 Å². The Kier molecular flexibility index (Phi) is 3.26. The number of hydrogen-bond donors (Lipinski definition) is 0. The molecule has 0 N–H and O–H groups in total. The van der Waals surface area contributed by atoms with E-state index in [0.29, 0.717) is 17.0 Å². The predicted molar refractivity (Wildman–Crippen MR) is 54.6 cm³/mol. The van der Waals surface area contributed by atoms with E-state index in [-0.39, 0.29) is 0 Å². The summed E-state index contributed by atoms with van der Waals surface area (Å²) in [6, 6.07) is 9.51. The number of hydrogen-bond acceptors (Lipinski definition) is 2. The van der Waals surface area contributed by atoms with Crippen LogP contribution in [0.4, 0.5) is 0 Å². The predicted octanol–water partition coefficient (Wildman–Crippen LogP) is 2.94. The maximum atomic E-state index is 8.83. The van der Waals surface area contributed by atoms with Crippen LogP contribution in [0.5, 0.6) is 0 Å². The van der Waals surface area contributed by atoms with Gasteiger partial charge in [-0.3, -0.25) is 0 Å². The molecular formula is C12H12N2. The van der Waals surface area contributed by atoms with Gasteiger partial charge in [0.1, 0.15) is 12.1 Å². The van der Waals surface area contributed by atoms with Crippen LogP contribution in [-0.4, -0.2) is 0 Å². The van der Waals surface area contributed by atoms with E-state index < -0.39 is 0 Å². The summed E-state index contributed by atoms with van der Waals surface area (Å²) >= 11 is 0. The zero-order valence-corrected chi connectivity index (χ0v) is 8.41. The fraction of sp³-hybridized carbons (Fsp3) is 0.333. The van der Waals surface area contributed by atoms with Gasteiger partial charge in [0.25, 0.3) is 0 Å². The van der Waals surface area contributed by atoms with Gasteiger partial charge in [0.05, 0.1) is 11.1 Å². The molecule has 2 nitrogen and oxygen atoms in total. The third kappa shape index (κ3) is 1.92. The lowest BCUT2D eigenvalue weighted by Gasteiger charge is -2.08. The summed E-state index contributed by atoms with van der Waals surface area (Å²) in [4.78, 5) is 0. The molecule has 0 amide bonds. The summed E-state index contributed by atoms with van der Waals surface area (Å²) in [5.41, 5.74) is 2.06. The number of nitrogens with zero attached hydrogens (tertiary/aromatic N) is 2. The minimum atomic E-state index is 0.440. The second-order valence-electron chi connectivity index (χ2n) is 3.34. The number of nitriles is 2. The molecule has 0 aliphatic heterocycles. The van der Waals surface area contributed by atoms with Crippen molar-refractivity contribution in [1.82, 2.24) is 0 Å². The van der Waals surface area contributed by atoms with E-state index in [1.54, 1.807) is 6.07 Å². The van der Waals surface area contributed by atoms with E-state index in [1.807, 2.05) is 24.3 Å². The monoisotopic (exact) mass is 184 g/mol. The zero-order chi connectivity index (χ0) is 10.6. The molecule has 1 atom stereocenters. The molecule has 1 aromatic carbocycles. The van der Waals surface area contributed by atoms with Crippen LogP contribution in [0.1, 0.15) is 42.9 Å². The molecule has 0 heterocycles. The molecule has 0 aromatic heterocycles. The Morgan fingerprint density at radius 3 is 2.36 bits per heavy atom. The third-order valence-corrected chi connectivity index (χ3v) is 2.47. The van der Waals surface area contributed by atoms with Gasteiger partial charge in [-0.25, -0.2) is 0 Å². The molecule has 0 saturated heterocycles. The maximum absolute atomic E-state index is 8.83. The van der Waals surface area contributed by atoms with Gasteiger partial charge < -0.3 is 0 Å². The van der Waals surface area contributed by atoms with Crippen LogP contribution in [0, 0.1) is 22.7 Å². The molecule has 70 valence electrons. The number of rotatable bonds is 2. The topological polar surface area (TPSA) is 47.6 Å². The minimum Gasteiger partial charge on any atom is -0.192 e. The van der Waals surface area contributed by atoms with Crippen LogP contribution in [0.15, 0.2) is 18.2 Å². The molecule has 1 unspecified atom stereocenters. The van der Waals surface area contributed by atoms with Crippen molar-refractivity contribution in [2.45, 2.75) is 26.2 Å². The second-order valence-corrected chi connectivity index (χ2v) is 3.34. The van der Waals surface area contributed by atoms with E-state index in [0.717, 1.165) is 12.0 Å². The highest BCUT2D eigenvalue weighted by Gasteiger charge is 2.06. The molecule has 0 aliphatic carbocycles. The molecule has 0 saturated carbocycles. The van der Waals surface area contributed by atoms with Crippen LogP contribution in [-0.2, 0) is 0 Å². The van der Waals surface area contributed by atoms with Crippen molar-refractivity contribution in [2.75, 3.05) is 0 Å². The lowest BCUT2D eigenvalue weighted by atomic mass is 9.95. The molecule has 0 aliphatic rings. The first-order valence-electron chi connectivity index (χ1n) is 4.67. The minimum absolute atomic E-state index is 0.440. The standard InChI is InChI=1S/C12H12N2/c1-3-9(2)10-4-5-11(7-13)12(6-10)8-14/h4-6,9H,3H2,1-2H3. The molecule has 0 fully saturated rings. The van der Waals surface area contributed by atoms with E-state index in [9.17, 15) is 0 Å². The zero-order valence-electron chi connectivity index (χ0n) is 8.41. The van der Waals surface area contributed by atoms with Crippen LogP contribution in [0.2, 0.25) is 0 Å². The van der Waals surface area contributed by atoms with Gasteiger partial charge in [-0.2, -0.15) is 10.5 Å². The van der Waals surface area contributed by atoms with Gasteiger partial charge in [-0.15, -0.1) is 0 Å². The first-order valence-corrected chi connectivity index (χ1v) is 4.67. The second kappa shape index (κ2) is 4.44. The van der Waals surface area contributed by atoms with Crippen molar-refractivity contribution in [3.05, 3.63) is 34.9 Å². The first kappa shape index (κ1) is 10.3. The summed E-state index contributed by atoms with van der Waals surface area (Å²) in [5, 5.41) is 17.6. The molecule has 1 aromatic rings. The maximum Gasteiger partial charge on any atom is 0.101 e. The Bertz CT molecular complexity index is 407. The highest BCUT2D eigenvalue weighted by Crippen LogP contribution is 2.21. The molecular weight excluding hydrogens is 172 g/mol. The van der Waals surface area contributed by atoms with Gasteiger partial charge in [0.15, 0.2) is 0 Å². The summed E-state index contributed by atoms with van der Waals surface area (Å²) < 4.78 is 0. The lowest BCUT2D eigenvalue weighted by molar-refractivity contribution is 0.733. The van der Waals surface area contributed by atoms with Gasteiger partial charge in [0, 0.05) is 0 Å². The van der Waals surface area contributed by atoms with E-state index in [2.05, 4.69) is 13.8 Å². The highest BCUT2D eigenvalue weighted by molar-refractivity contribution is 5.47. The van der Waals surface area contributed by atoms with Crippen molar-refractivity contribution in [3.8, 4) is 12.1 Å². The van der Waals surface area contributed by atoms with Crippen molar-refractivity contribution in [1.29, 1.82) is 10.5 Å². The Labute approximate surface area is 84.4 Å². The quantitative estimate of drug-likeness (QED) is 0.709. The first-order chi connectivity index (χ1) is 6.72.